The molecule has 3 rings (SSSR count). The number of aromatic carboxylic acids is 1. The zero-order valence-corrected chi connectivity index (χ0v) is 11.3. The fourth-order valence-corrected chi connectivity index (χ4v) is 2.75. The van der Waals surface area contributed by atoms with E-state index in [1.165, 1.54) is 6.07 Å². The summed E-state index contributed by atoms with van der Waals surface area (Å²) in [6.45, 7) is 0.650. The van der Waals surface area contributed by atoms with E-state index in [0.29, 0.717) is 6.54 Å². The van der Waals surface area contributed by atoms with Gasteiger partial charge in [0.1, 0.15) is 5.82 Å². The molecule has 4 nitrogen and oxygen atoms in total. The maximum absolute atomic E-state index is 14.3. The summed E-state index contributed by atoms with van der Waals surface area (Å²) in [5, 5.41) is 9.15. The van der Waals surface area contributed by atoms with Crippen molar-refractivity contribution in [2.45, 2.75) is 12.8 Å². The molecule has 0 saturated heterocycles. The number of carbonyl (C=O) groups is 1. The first-order valence-electron chi connectivity index (χ1n) is 6.75. The number of hydrogen-bond donors (Lipinski definition) is 2. The van der Waals surface area contributed by atoms with Crippen LogP contribution in [-0.2, 0) is 6.42 Å². The minimum atomic E-state index is -1.15. The van der Waals surface area contributed by atoms with Gasteiger partial charge in [0.2, 0.25) is 0 Å². The van der Waals surface area contributed by atoms with Gasteiger partial charge >= 0.3 is 5.97 Å². The molecule has 0 aliphatic carbocycles. The van der Waals surface area contributed by atoms with Crippen molar-refractivity contribution in [3.05, 3.63) is 53.3 Å². The lowest BCUT2D eigenvalue weighted by Crippen LogP contribution is -2.25. The predicted molar refractivity (Wildman–Crippen MR) is 79.5 cm³/mol. The number of rotatable bonds is 2. The molecule has 0 aromatic heterocycles. The van der Waals surface area contributed by atoms with Gasteiger partial charge in [0.05, 0.1) is 11.3 Å². The molecule has 0 radical (unpaired) electrons. The Labute approximate surface area is 121 Å². The zero-order valence-electron chi connectivity index (χ0n) is 11.3. The third kappa shape index (κ3) is 2.31. The van der Waals surface area contributed by atoms with Gasteiger partial charge in [-0.1, -0.05) is 18.2 Å². The van der Waals surface area contributed by atoms with Gasteiger partial charge in [0.25, 0.3) is 0 Å². The maximum Gasteiger partial charge on any atom is 0.337 e. The number of aryl methyl sites for hydroxylation is 1. The molecule has 0 saturated carbocycles. The highest BCUT2D eigenvalue weighted by Crippen LogP contribution is 2.36. The van der Waals surface area contributed by atoms with Crippen molar-refractivity contribution in [3.63, 3.8) is 0 Å². The van der Waals surface area contributed by atoms with Crippen molar-refractivity contribution >= 4 is 23.0 Å². The maximum atomic E-state index is 14.3. The normalized spacial score (nSPS) is 13.9. The average Bonchev–Trinajstić information content (AvgIpc) is 2.46. The Hall–Kier alpha value is -2.56. The average molecular weight is 286 g/mol. The quantitative estimate of drug-likeness (QED) is 0.832. The Morgan fingerprint density at radius 2 is 2.00 bits per heavy atom. The van der Waals surface area contributed by atoms with E-state index in [2.05, 4.69) is 0 Å². The number of para-hydroxylation sites is 1. The van der Waals surface area contributed by atoms with Crippen LogP contribution in [0.25, 0.3) is 0 Å². The second-order valence-corrected chi connectivity index (χ2v) is 5.08. The predicted octanol–water partition coefficient (Wildman–Crippen LogP) is 3.19. The van der Waals surface area contributed by atoms with Gasteiger partial charge in [-0.15, -0.1) is 0 Å². The third-order valence-electron chi connectivity index (χ3n) is 3.75. The van der Waals surface area contributed by atoms with Crippen molar-refractivity contribution in [1.82, 2.24) is 0 Å². The largest absolute Gasteiger partial charge is 0.478 e. The monoisotopic (exact) mass is 286 g/mol. The molecule has 0 amide bonds. The van der Waals surface area contributed by atoms with Crippen LogP contribution in [0, 0.1) is 5.82 Å². The molecule has 0 fully saturated rings. The highest BCUT2D eigenvalue weighted by atomic mass is 19.1. The Kier molecular flexibility index (Phi) is 3.25. The number of nitrogens with zero attached hydrogens (tertiary/aromatic N) is 1. The molecule has 0 bridgehead atoms. The van der Waals surface area contributed by atoms with Crippen molar-refractivity contribution in [2.75, 3.05) is 17.2 Å². The number of hydrogen-bond acceptors (Lipinski definition) is 3. The number of benzene rings is 2. The van der Waals surface area contributed by atoms with Gasteiger partial charge in [0.15, 0.2) is 0 Å². The highest BCUT2D eigenvalue weighted by molar-refractivity contribution is 5.95. The van der Waals surface area contributed by atoms with Gasteiger partial charge in [-0.05, 0) is 36.6 Å². The first kappa shape index (κ1) is 13.4. The van der Waals surface area contributed by atoms with Crippen LogP contribution >= 0.6 is 0 Å². The lowest BCUT2D eigenvalue weighted by atomic mass is 10.0. The van der Waals surface area contributed by atoms with E-state index in [9.17, 15) is 9.18 Å². The van der Waals surface area contributed by atoms with E-state index in [1.54, 1.807) is 0 Å². The minimum Gasteiger partial charge on any atom is -0.478 e. The zero-order chi connectivity index (χ0) is 15.0. The van der Waals surface area contributed by atoms with Gasteiger partial charge < -0.3 is 15.7 Å². The second kappa shape index (κ2) is 5.09. The minimum absolute atomic E-state index is 0.0611. The lowest BCUT2D eigenvalue weighted by Gasteiger charge is -2.31. The first-order valence-corrected chi connectivity index (χ1v) is 6.75. The molecule has 2 aromatic carbocycles. The number of carboxylic acid groups (broad SMARTS) is 1. The van der Waals surface area contributed by atoms with Crippen LogP contribution in [0.2, 0.25) is 0 Å². The van der Waals surface area contributed by atoms with Crippen molar-refractivity contribution < 1.29 is 14.3 Å². The first-order chi connectivity index (χ1) is 10.1. The molecule has 108 valence electrons. The molecule has 21 heavy (non-hydrogen) atoms. The summed E-state index contributed by atoms with van der Waals surface area (Å²) < 4.78 is 14.3. The highest BCUT2D eigenvalue weighted by Gasteiger charge is 2.22. The molecule has 0 spiro atoms. The number of carboxylic acids is 1. The number of nitrogens with two attached hydrogens (primary N) is 1. The Balaban J connectivity index is 2.14. The van der Waals surface area contributed by atoms with Crippen LogP contribution in [0.15, 0.2) is 36.4 Å². The molecule has 0 unspecified atom stereocenters. The SMILES string of the molecule is Nc1cc(F)c(N2CCCc3ccccc32)cc1C(=O)O. The number of halogens is 1. The van der Waals surface area contributed by atoms with E-state index in [0.717, 1.165) is 30.2 Å². The Bertz CT molecular complexity index is 715. The number of nitrogen functional groups attached to an aromatic ring is 1. The van der Waals surface area contributed by atoms with Gasteiger partial charge in [-0.25, -0.2) is 9.18 Å². The molecule has 1 aliphatic rings. The van der Waals surface area contributed by atoms with Crippen LogP contribution in [0.3, 0.4) is 0 Å². The molecule has 5 heteroatoms. The van der Waals surface area contributed by atoms with E-state index < -0.39 is 11.8 Å². The summed E-state index contributed by atoms with van der Waals surface area (Å²) in [5.74, 6) is -1.66. The van der Waals surface area contributed by atoms with E-state index in [4.69, 9.17) is 10.8 Å². The van der Waals surface area contributed by atoms with E-state index in [1.807, 2.05) is 29.2 Å². The van der Waals surface area contributed by atoms with Crippen LogP contribution < -0.4 is 10.6 Å². The van der Waals surface area contributed by atoms with Crippen molar-refractivity contribution in [2.24, 2.45) is 0 Å². The number of fused-ring (bicyclic) bond motifs is 1. The smallest absolute Gasteiger partial charge is 0.337 e. The summed E-state index contributed by atoms with van der Waals surface area (Å²) in [4.78, 5) is 13.0. The molecule has 0 atom stereocenters. The number of anilines is 3. The lowest BCUT2D eigenvalue weighted by molar-refractivity contribution is 0.0698. The molecule has 3 N–H and O–H groups in total. The second-order valence-electron chi connectivity index (χ2n) is 5.08. The van der Waals surface area contributed by atoms with Gasteiger partial charge in [-0.3, -0.25) is 0 Å². The summed E-state index contributed by atoms with van der Waals surface area (Å²) >= 11 is 0. The topological polar surface area (TPSA) is 66.6 Å². The molecular weight excluding hydrogens is 271 g/mol. The molecule has 1 aliphatic heterocycles. The van der Waals surface area contributed by atoms with Crippen LogP contribution in [0.1, 0.15) is 22.3 Å². The van der Waals surface area contributed by atoms with Crippen LogP contribution in [0.5, 0.6) is 0 Å². The summed E-state index contributed by atoms with van der Waals surface area (Å²) in [5.41, 5.74) is 7.75. The molecular formula is C16H15FN2O2. The summed E-state index contributed by atoms with van der Waals surface area (Å²) in [6, 6.07) is 10.2. The van der Waals surface area contributed by atoms with Crippen LogP contribution in [0.4, 0.5) is 21.5 Å². The van der Waals surface area contributed by atoms with E-state index in [-0.39, 0.29) is 16.9 Å². The van der Waals surface area contributed by atoms with Gasteiger partial charge in [0, 0.05) is 17.9 Å². The Morgan fingerprint density at radius 3 is 2.76 bits per heavy atom. The third-order valence-corrected chi connectivity index (χ3v) is 3.75. The fourth-order valence-electron chi connectivity index (χ4n) is 2.75. The van der Waals surface area contributed by atoms with Crippen molar-refractivity contribution in [3.8, 4) is 0 Å². The summed E-state index contributed by atoms with van der Waals surface area (Å²) in [7, 11) is 0. The fraction of sp³-hybridized carbons (Fsp3) is 0.188. The Morgan fingerprint density at radius 1 is 1.24 bits per heavy atom. The summed E-state index contributed by atoms with van der Waals surface area (Å²) in [6.07, 6.45) is 1.83. The van der Waals surface area contributed by atoms with Crippen LogP contribution in [-0.4, -0.2) is 17.6 Å². The molecule has 2 aromatic rings. The molecule has 1 heterocycles. The van der Waals surface area contributed by atoms with E-state index >= 15 is 0 Å². The van der Waals surface area contributed by atoms with Gasteiger partial charge in [-0.2, -0.15) is 0 Å². The van der Waals surface area contributed by atoms with Crippen molar-refractivity contribution in [1.29, 1.82) is 0 Å². The standard InChI is InChI=1S/C16H15FN2O2/c17-12-9-13(18)11(16(20)21)8-15(12)19-7-3-5-10-4-1-2-6-14(10)19/h1-2,4,6,8-9H,3,5,7,18H2,(H,20,21).